The van der Waals surface area contributed by atoms with Crippen molar-refractivity contribution in [1.29, 1.82) is 0 Å². The lowest BCUT2D eigenvalue weighted by Crippen LogP contribution is -2.32. The molecular formula is C16H16N4O5. The Morgan fingerprint density at radius 1 is 1.24 bits per heavy atom. The Hall–Kier alpha value is -3.46. The molecule has 0 aliphatic heterocycles. The van der Waals surface area contributed by atoms with E-state index in [4.69, 9.17) is 15.9 Å². The number of imidazole rings is 1. The number of carboxylic acid groups (broad SMARTS) is 2. The van der Waals surface area contributed by atoms with Crippen LogP contribution in [0.25, 0.3) is 10.8 Å². The lowest BCUT2D eigenvalue weighted by Gasteiger charge is -2.01. The fourth-order valence-corrected chi connectivity index (χ4v) is 2.04. The number of aliphatic carboxylic acids is 1. The molecule has 6 N–H and O–H groups in total. The fourth-order valence-electron chi connectivity index (χ4n) is 2.04. The van der Waals surface area contributed by atoms with Crippen molar-refractivity contribution in [2.24, 2.45) is 5.73 Å². The summed E-state index contributed by atoms with van der Waals surface area (Å²) in [4.78, 5) is 41.1. The Morgan fingerprint density at radius 2 is 1.96 bits per heavy atom. The van der Waals surface area contributed by atoms with Crippen molar-refractivity contribution in [1.82, 2.24) is 15.0 Å². The van der Waals surface area contributed by atoms with Crippen LogP contribution in [0.3, 0.4) is 0 Å². The van der Waals surface area contributed by atoms with E-state index in [2.05, 4.69) is 15.0 Å². The number of carbonyl (C=O) groups is 2. The second-order valence-electron chi connectivity index (χ2n) is 5.11. The fraction of sp³-hybridized carbons (Fsp3) is 0.125. The zero-order chi connectivity index (χ0) is 18.4. The van der Waals surface area contributed by atoms with Crippen molar-refractivity contribution in [2.75, 3.05) is 0 Å². The van der Waals surface area contributed by atoms with Gasteiger partial charge in [0.25, 0.3) is 5.56 Å². The summed E-state index contributed by atoms with van der Waals surface area (Å²) in [6.07, 6.45) is 3.38. The van der Waals surface area contributed by atoms with Gasteiger partial charge in [0.2, 0.25) is 0 Å². The first-order valence-corrected chi connectivity index (χ1v) is 7.20. The minimum absolute atomic E-state index is 0.0892. The molecule has 0 bridgehead atoms. The average Bonchev–Trinajstić information content (AvgIpc) is 3.08. The number of fused-ring (bicyclic) bond motifs is 1. The van der Waals surface area contributed by atoms with E-state index < -0.39 is 18.0 Å². The van der Waals surface area contributed by atoms with E-state index in [-0.39, 0.29) is 17.7 Å². The number of nitrogens with zero attached hydrogens (tertiary/aromatic N) is 1. The third kappa shape index (κ3) is 4.75. The van der Waals surface area contributed by atoms with E-state index in [1.807, 2.05) is 0 Å². The minimum Gasteiger partial charge on any atom is -0.480 e. The van der Waals surface area contributed by atoms with Gasteiger partial charge >= 0.3 is 11.9 Å². The maximum atomic E-state index is 11.4. The van der Waals surface area contributed by atoms with E-state index in [1.165, 1.54) is 12.4 Å². The third-order valence-corrected chi connectivity index (χ3v) is 3.28. The first-order valence-electron chi connectivity index (χ1n) is 7.20. The Morgan fingerprint density at radius 3 is 2.56 bits per heavy atom. The zero-order valence-electron chi connectivity index (χ0n) is 13.0. The molecule has 0 fully saturated rings. The maximum Gasteiger partial charge on any atom is 0.352 e. The molecule has 9 nitrogen and oxygen atoms in total. The quantitative estimate of drug-likeness (QED) is 0.462. The predicted molar refractivity (Wildman–Crippen MR) is 89.4 cm³/mol. The van der Waals surface area contributed by atoms with Crippen LogP contribution in [0.15, 0.2) is 47.7 Å². The number of nitrogens with two attached hydrogens (primary N) is 1. The van der Waals surface area contributed by atoms with Crippen LogP contribution in [0.5, 0.6) is 0 Å². The Labute approximate surface area is 141 Å². The van der Waals surface area contributed by atoms with Crippen LogP contribution in [0.4, 0.5) is 0 Å². The van der Waals surface area contributed by atoms with Gasteiger partial charge in [0.05, 0.1) is 12.0 Å². The monoisotopic (exact) mass is 344 g/mol. The first-order chi connectivity index (χ1) is 11.9. The third-order valence-electron chi connectivity index (χ3n) is 3.28. The highest BCUT2D eigenvalue weighted by molar-refractivity contribution is 5.91. The SMILES string of the molecule is N[C@@H](Cc1c[nH]cn1)C(=O)O.O=C(O)c1cc2ccccc2c(=O)[nH]1. The lowest BCUT2D eigenvalue weighted by atomic mass is 10.1. The van der Waals surface area contributed by atoms with Gasteiger partial charge in [-0.25, -0.2) is 9.78 Å². The largest absolute Gasteiger partial charge is 0.480 e. The average molecular weight is 344 g/mol. The molecule has 0 amide bonds. The highest BCUT2D eigenvalue weighted by Crippen LogP contribution is 2.09. The number of aromatic amines is 2. The zero-order valence-corrected chi connectivity index (χ0v) is 13.0. The molecule has 130 valence electrons. The summed E-state index contributed by atoms with van der Waals surface area (Å²) in [5.74, 6) is -2.14. The standard InChI is InChI=1S/C10H7NO3.C6H9N3O2/c12-9-7-4-2-1-3-6(7)5-8(11-9)10(13)14;7-5(6(10)11)1-4-2-8-3-9-4/h1-5H,(H,11,12)(H,13,14);2-3,5H,1,7H2,(H,8,9)(H,10,11)/t;5-/m.0/s1. The molecule has 3 aromatic rings. The first kappa shape index (κ1) is 17.9. The number of carboxylic acids is 2. The summed E-state index contributed by atoms with van der Waals surface area (Å²) in [6, 6.07) is 7.43. The van der Waals surface area contributed by atoms with Crippen LogP contribution in [-0.4, -0.2) is 43.1 Å². The molecule has 9 heteroatoms. The Balaban J connectivity index is 0.000000186. The predicted octanol–water partition coefficient (Wildman–Crippen LogP) is 0.590. The molecule has 0 radical (unpaired) electrons. The number of hydrogen-bond acceptors (Lipinski definition) is 5. The molecule has 0 saturated heterocycles. The van der Waals surface area contributed by atoms with Gasteiger partial charge in [-0.1, -0.05) is 18.2 Å². The number of H-pyrrole nitrogens is 2. The molecule has 0 aliphatic carbocycles. The summed E-state index contributed by atoms with van der Waals surface area (Å²) >= 11 is 0. The highest BCUT2D eigenvalue weighted by atomic mass is 16.4. The normalized spacial score (nSPS) is 11.4. The summed E-state index contributed by atoms with van der Waals surface area (Å²) in [5, 5.41) is 18.2. The summed E-state index contributed by atoms with van der Waals surface area (Å²) in [5.41, 5.74) is 5.46. The second-order valence-corrected chi connectivity index (χ2v) is 5.11. The van der Waals surface area contributed by atoms with E-state index in [9.17, 15) is 14.4 Å². The smallest absolute Gasteiger partial charge is 0.352 e. The van der Waals surface area contributed by atoms with Gasteiger partial charge in [-0.2, -0.15) is 0 Å². The Bertz CT molecular complexity index is 933. The maximum absolute atomic E-state index is 11.4. The van der Waals surface area contributed by atoms with Gasteiger partial charge in [0.15, 0.2) is 0 Å². The summed E-state index contributed by atoms with van der Waals surface area (Å²) in [6.45, 7) is 0. The molecule has 3 rings (SSSR count). The number of aromatic nitrogens is 3. The van der Waals surface area contributed by atoms with Crippen LogP contribution < -0.4 is 11.3 Å². The van der Waals surface area contributed by atoms with E-state index in [0.717, 1.165) is 0 Å². The van der Waals surface area contributed by atoms with Gasteiger partial charge in [-0.05, 0) is 17.5 Å². The molecule has 25 heavy (non-hydrogen) atoms. The number of rotatable bonds is 4. The van der Waals surface area contributed by atoms with Crippen molar-refractivity contribution in [3.8, 4) is 0 Å². The number of hydrogen-bond donors (Lipinski definition) is 5. The van der Waals surface area contributed by atoms with Crippen LogP contribution in [0.2, 0.25) is 0 Å². The van der Waals surface area contributed by atoms with Crippen LogP contribution in [-0.2, 0) is 11.2 Å². The van der Waals surface area contributed by atoms with Gasteiger partial charge in [0, 0.05) is 18.0 Å². The number of benzene rings is 1. The van der Waals surface area contributed by atoms with Crippen molar-refractivity contribution < 1.29 is 19.8 Å². The molecule has 2 aromatic heterocycles. The molecule has 0 spiro atoms. The summed E-state index contributed by atoms with van der Waals surface area (Å²) < 4.78 is 0. The molecule has 0 aliphatic rings. The van der Waals surface area contributed by atoms with Gasteiger partial charge in [0.1, 0.15) is 11.7 Å². The van der Waals surface area contributed by atoms with Crippen molar-refractivity contribution >= 4 is 22.7 Å². The van der Waals surface area contributed by atoms with Crippen LogP contribution in [0.1, 0.15) is 16.2 Å². The Kier molecular flexibility index (Phi) is 5.64. The topological polar surface area (TPSA) is 162 Å². The van der Waals surface area contributed by atoms with Crippen LogP contribution in [0, 0.1) is 0 Å². The summed E-state index contributed by atoms with van der Waals surface area (Å²) in [7, 11) is 0. The van der Waals surface area contributed by atoms with Gasteiger partial charge in [-0.15, -0.1) is 0 Å². The molecule has 0 unspecified atom stereocenters. The number of aromatic carboxylic acids is 1. The highest BCUT2D eigenvalue weighted by Gasteiger charge is 2.12. The number of nitrogens with one attached hydrogen (secondary N) is 2. The van der Waals surface area contributed by atoms with Gasteiger partial charge < -0.3 is 25.9 Å². The molecule has 0 saturated carbocycles. The van der Waals surface area contributed by atoms with Crippen molar-refractivity contribution in [3.05, 3.63) is 64.6 Å². The number of pyridine rings is 1. The second kappa shape index (κ2) is 7.88. The lowest BCUT2D eigenvalue weighted by molar-refractivity contribution is -0.138. The van der Waals surface area contributed by atoms with E-state index in [0.29, 0.717) is 16.5 Å². The van der Waals surface area contributed by atoms with Gasteiger partial charge in [-0.3, -0.25) is 9.59 Å². The van der Waals surface area contributed by atoms with Crippen LogP contribution >= 0.6 is 0 Å². The molecular weight excluding hydrogens is 328 g/mol. The molecule has 1 aromatic carbocycles. The van der Waals surface area contributed by atoms with E-state index >= 15 is 0 Å². The van der Waals surface area contributed by atoms with Crippen molar-refractivity contribution in [3.63, 3.8) is 0 Å². The van der Waals surface area contributed by atoms with E-state index in [1.54, 1.807) is 30.5 Å². The molecule has 1 atom stereocenters. The minimum atomic E-state index is -1.13. The van der Waals surface area contributed by atoms with Crippen molar-refractivity contribution in [2.45, 2.75) is 12.5 Å². The molecule has 2 heterocycles.